The zero-order valence-corrected chi connectivity index (χ0v) is 14.2. The topological polar surface area (TPSA) is 12.0 Å². The first kappa shape index (κ1) is 14.4. The summed E-state index contributed by atoms with van der Waals surface area (Å²) in [5, 5.41) is 5.71. The maximum atomic E-state index is 3.54. The average molecular weight is 358 g/mol. The highest BCUT2D eigenvalue weighted by Crippen LogP contribution is 2.26. The third-order valence-corrected chi connectivity index (χ3v) is 4.66. The Labute approximate surface area is 137 Å². The number of aryl methyl sites for hydroxylation is 1. The van der Waals surface area contributed by atoms with Crippen molar-refractivity contribution in [2.24, 2.45) is 0 Å². The maximum Gasteiger partial charge on any atom is 0.0494 e. The molecule has 2 aromatic carbocycles. The molecule has 0 fully saturated rings. The first-order valence-corrected chi connectivity index (χ1v) is 8.52. The van der Waals surface area contributed by atoms with E-state index in [4.69, 9.17) is 0 Å². The molecule has 21 heavy (non-hydrogen) atoms. The van der Waals surface area contributed by atoms with Crippen LogP contribution in [0.3, 0.4) is 0 Å². The van der Waals surface area contributed by atoms with Crippen molar-refractivity contribution in [3.63, 3.8) is 0 Å². The van der Waals surface area contributed by atoms with Crippen molar-refractivity contribution in [3.8, 4) is 11.1 Å². The van der Waals surface area contributed by atoms with Gasteiger partial charge in [-0.3, -0.25) is 0 Å². The molecule has 0 amide bonds. The Bertz CT molecular complexity index is 714. The summed E-state index contributed by atoms with van der Waals surface area (Å²) in [6.45, 7) is 2.96. The fourth-order valence-corrected chi connectivity index (χ4v) is 3.72. The van der Waals surface area contributed by atoms with Crippen LogP contribution in [0.2, 0.25) is 0 Å². The first-order valence-electron chi connectivity index (χ1n) is 6.84. The van der Waals surface area contributed by atoms with E-state index in [1.54, 1.807) is 11.3 Å². The molecule has 1 aromatic heterocycles. The van der Waals surface area contributed by atoms with E-state index >= 15 is 0 Å². The Kier molecular flexibility index (Phi) is 4.42. The minimum Gasteiger partial charge on any atom is -0.380 e. The van der Waals surface area contributed by atoms with E-state index < -0.39 is 0 Å². The number of halogens is 1. The van der Waals surface area contributed by atoms with Crippen LogP contribution in [0.1, 0.15) is 10.4 Å². The van der Waals surface area contributed by atoms with Crippen molar-refractivity contribution < 1.29 is 0 Å². The molecular formula is C18H16BrNS. The van der Waals surface area contributed by atoms with E-state index in [0.717, 1.165) is 16.7 Å². The molecule has 1 nitrogen and oxygen atoms in total. The minimum atomic E-state index is 0.855. The van der Waals surface area contributed by atoms with Gasteiger partial charge < -0.3 is 5.32 Å². The van der Waals surface area contributed by atoms with Gasteiger partial charge in [0.15, 0.2) is 0 Å². The van der Waals surface area contributed by atoms with Gasteiger partial charge in [0, 0.05) is 21.6 Å². The van der Waals surface area contributed by atoms with Gasteiger partial charge >= 0.3 is 0 Å². The van der Waals surface area contributed by atoms with Crippen molar-refractivity contribution in [2.45, 2.75) is 13.5 Å². The number of nitrogens with one attached hydrogen (secondary N) is 1. The molecule has 0 aliphatic rings. The quantitative estimate of drug-likeness (QED) is 0.594. The van der Waals surface area contributed by atoms with Crippen molar-refractivity contribution in [3.05, 3.63) is 74.9 Å². The summed E-state index contributed by atoms with van der Waals surface area (Å²) in [5.41, 5.74) is 4.97. The molecule has 1 heterocycles. The lowest BCUT2D eigenvalue weighted by molar-refractivity contribution is 1.19. The van der Waals surface area contributed by atoms with E-state index in [1.165, 1.54) is 21.6 Å². The van der Waals surface area contributed by atoms with E-state index in [2.05, 4.69) is 82.1 Å². The molecule has 0 radical (unpaired) electrons. The summed E-state index contributed by atoms with van der Waals surface area (Å²) >= 11 is 5.33. The largest absolute Gasteiger partial charge is 0.380 e. The number of hydrogen-bond acceptors (Lipinski definition) is 2. The fraction of sp³-hybridized carbons (Fsp3) is 0.111. The monoisotopic (exact) mass is 357 g/mol. The molecule has 106 valence electrons. The Morgan fingerprint density at radius 1 is 1.00 bits per heavy atom. The zero-order chi connectivity index (χ0) is 14.7. The summed E-state index contributed by atoms with van der Waals surface area (Å²) in [7, 11) is 0. The predicted molar refractivity (Wildman–Crippen MR) is 96.0 cm³/mol. The van der Waals surface area contributed by atoms with Gasteiger partial charge in [-0.1, -0.05) is 46.3 Å². The second-order valence-electron chi connectivity index (χ2n) is 5.04. The van der Waals surface area contributed by atoms with Crippen LogP contribution in [-0.4, -0.2) is 0 Å². The molecule has 0 unspecified atom stereocenters. The van der Waals surface area contributed by atoms with Gasteiger partial charge in [-0.25, -0.2) is 0 Å². The van der Waals surface area contributed by atoms with E-state index in [0.29, 0.717) is 0 Å². The molecule has 0 atom stereocenters. The summed E-state index contributed by atoms with van der Waals surface area (Å²) < 4.78 is 1.11. The van der Waals surface area contributed by atoms with Crippen LogP contribution in [0.15, 0.2) is 64.5 Å². The van der Waals surface area contributed by atoms with Gasteiger partial charge in [0.05, 0.1) is 0 Å². The Morgan fingerprint density at radius 2 is 1.81 bits per heavy atom. The smallest absolute Gasteiger partial charge is 0.0494 e. The predicted octanol–water partition coefficient (Wildman–Crippen LogP) is 6.10. The van der Waals surface area contributed by atoms with Gasteiger partial charge in [0.2, 0.25) is 0 Å². The molecular weight excluding hydrogens is 342 g/mol. The third kappa shape index (κ3) is 3.74. The second kappa shape index (κ2) is 6.46. The summed E-state index contributed by atoms with van der Waals surface area (Å²) in [6.07, 6.45) is 0. The summed E-state index contributed by atoms with van der Waals surface area (Å²) in [6, 6.07) is 19.2. The molecule has 0 saturated carbocycles. The number of thiophene rings is 1. The lowest BCUT2D eigenvalue weighted by Gasteiger charge is -2.06. The van der Waals surface area contributed by atoms with Gasteiger partial charge in [0.1, 0.15) is 0 Å². The maximum absolute atomic E-state index is 3.54. The number of hydrogen-bond donors (Lipinski definition) is 1. The molecule has 3 heteroatoms. The molecule has 1 N–H and O–H groups in total. The molecule has 0 spiro atoms. The average Bonchev–Trinajstić information content (AvgIpc) is 2.94. The van der Waals surface area contributed by atoms with Crippen molar-refractivity contribution in [2.75, 3.05) is 5.32 Å². The first-order chi connectivity index (χ1) is 10.2. The number of rotatable bonds is 4. The summed E-state index contributed by atoms with van der Waals surface area (Å²) in [4.78, 5) is 1.34. The van der Waals surface area contributed by atoms with Crippen LogP contribution in [0.4, 0.5) is 5.69 Å². The lowest BCUT2D eigenvalue weighted by Crippen LogP contribution is -1.97. The van der Waals surface area contributed by atoms with Gasteiger partial charge in [-0.05, 0) is 53.3 Å². The van der Waals surface area contributed by atoms with Gasteiger partial charge in [-0.15, -0.1) is 11.3 Å². The lowest BCUT2D eigenvalue weighted by atomic mass is 10.1. The Balaban J connectivity index is 1.70. The molecule has 0 aliphatic carbocycles. The molecule has 0 bridgehead atoms. The van der Waals surface area contributed by atoms with Crippen molar-refractivity contribution >= 4 is 33.0 Å². The van der Waals surface area contributed by atoms with Crippen LogP contribution in [-0.2, 0) is 6.54 Å². The molecule has 0 saturated heterocycles. The number of anilines is 1. The Morgan fingerprint density at radius 3 is 2.57 bits per heavy atom. The third-order valence-electron chi connectivity index (χ3n) is 3.27. The normalized spacial score (nSPS) is 10.6. The van der Waals surface area contributed by atoms with Gasteiger partial charge in [-0.2, -0.15) is 0 Å². The minimum absolute atomic E-state index is 0.855. The zero-order valence-electron chi connectivity index (χ0n) is 11.8. The van der Waals surface area contributed by atoms with E-state index in [-0.39, 0.29) is 0 Å². The summed E-state index contributed by atoms with van der Waals surface area (Å²) in [5.74, 6) is 0. The standard InChI is InChI=1S/C18H16BrNS/c1-13-7-16(19)10-17(8-13)20-11-18-9-15(12-21-18)14-5-3-2-4-6-14/h2-10,12,20H,11H2,1H3. The van der Waals surface area contributed by atoms with Crippen LogP contribution >= 0.6 is 27.3 Å². The molecule has 0 aliphatic heterocycles. The van der Waals surface area contributed by atoms with Gasteiger partial charge in [0.25, 0.3) is 0 Å². The van der Waals surface area contributed by atoms with Crippen LogP contribution < -0.4 is 5.32 Å². The van der Waals surface area contributed by atoms with Crippen LogP contribution in [0.5, 0.6) is 0 Å². The van der Waals surface area contributed by atoms with E-state index in [1.807, 2.05) is 6.07 Å². The Hall–Kier alpha value is -1.58. The van der Waals surface area contributed by atoms with Crippen molar-refractivity contribution in [1.29, 1.82) is 0 Å². The van der Waals surface area contributed by atoms with Crippen molar-refractivity contribution in [1.82, 2.24) is 0 Å². The molecule has 3 rings (SSSR count). The van der Waals surface area contributed by atoms with Crippen LogP contribution in [0.25, 0.3) is 11.1 Å². The molecule has 3 aromatic rings. The highest BCUT2D eigenvalue weighted by molar-refractivity contribution is 9.10. The van der Waals surface area contributed by atoms with Crippen LogP contribution in [0, 0.1) is 6.92 Å². The second-order valence-corrected chi connectivity index (χ2v) is 6.95. The number of benzene rings is 2. The van der Waals surface area contributed by atoms with E-state index in [9.17, 15) is 0 Å². The SMILES string of the molecule is Cc1cc(Br)cc(NCc2cc(-c3ccccc3)cs2)c1. The highest BCUT2D eigenvalue weighted by atomic mass is 79.9. The highest BCUT2D eigenvalue weighted by Gasteiger charge is 2.03. The fourth-order valence-electron chi connectivity index (χ4n) is 2.28.